The van der Waals surface area contributed by atoms with Crippen LogP contribution in [0.2, 0.25) is 0 Å². The van der Waals surface area contributed by atoms with Gasteiger partial charge in [0.1, 0.15) is 0 Å². The molecule has 0 aliphatic carbocycles. The highest BCUT2D eigenvalue weighted by molar-refractivity contribution is 5.76. The zero-order valence-electron chi connectivity index (χ0n) is 38.5. The topological polar surface area (TPSA) is 69.6 Å². The van der Waals surface area contributed by atoms with Gasteiger partial charge in [0.2, 0.25) is 5.91 Å². The molecule has 3 N–H and O–H groups in total. The van der Waals surface area contributed by atoms with Gasteiger partial charge in [-0.05, 0) is 70.6 Å². The Bertz CT molecular complexity index is 1010. The second-order valence-electron chi connectivity index (χ2n) is 16.8. The summed E-state index contributed by atoms with van der Waals surface area (Å²) in [5, 5.41) is 22.9. The van der Waals surface area contributed by atoms with Crippen molar-refractivity contribution >= 4 is 5.91 Å². The number of hydrogen-bond donors (Lipinski definition) is 3. The van der Waals surface area contributed by atoms with E-state index in [-0.39, 0.29) is 12.5 Å². The molecule has 2 unspecified atom stereocenters. The minimum absolute atomic E-state index is 0.0753. The van der Waals surface area contributed by atoms with Crippen LogP contribution < -0.4 is 5.32 Å². The number of hydrogen-bond acceptors (Lipinski definition) is 3. The number of unbranched alkanes of at least 4 members (excludes halogenated alkanes) is 28. The normalized spacial score (nSPS) is 13.5. The van der Waals surface area contributed by atoms with Crippen LogP contribution in [0.4, 0.5) is 0 Å². The zero-order valence-corrected chi connectivity index (χ0v) is 38.5. The Morgan fingerprint density at radius 3 is 1.21 bits per heavy atom. The number of rotatable bonds is 45. The van der Waals surface area contributed by atoms with E-state index in [0.717, 1.165) is 57.8 Å². The van der Waals surface area contributed by atoms with Crippen LogP contribution in [0.1, 0.15) is 245 Å². The lowest BCUT2D eigenvalue weighted by Crippen LogP contribution is -2.45. The molecule has 0 aliphatic heterocycles. The molecule has 0 bridgehead atoms. The molecule has 4 heteroatoms. The second-order valence-corrected chi connectivity index (χ2v) is 16.8. The van der Waals surface area contributed by atoms with E-state index in [0.29, 0.717) is 6.42 Å². The Hall–Kier alpha value is -2.17. The third-order valence-corrected chi connectivity index (χ3v) is 11.2. The van der Waals surface area contributed by atoms with E-state index in [2.05, 4.69) is 79.9 Å². The quantitative estimate of drug-likeness (QED) is 0.0424. The Kier molecular flexibility index (Phi) is 47.4. The SMILES string of the molecule is CC/C=C\C/C=C\C/C=C\C/C=C\CCCCCCCCCCCCCCCCCCCCCCCCCCC(=O)NC(CO)C(O)/C=C/CC/C=C/CCCCC. The lowest BCUT2D eigenvalue weighted by molar-refractivity contribution is -0.123. The summed E-state index contributed by atoms with van der Waals surface area (Å²) in [7, 11) is 0. The molecule has 0 spiro atoms. The molecule has 0 fully saturated rings. The largest absolute Gasteiger partial charge is 0.394 e. The van der Waals surface area contributed by atoms with Crippen molar-refractivity contribution in [1.82, 2.24) is 5.32 Å². The third-order valence-electron chi connectivity index (χ3n) is 11.2. The average Bonchev–Trinajstić information content (AvgIpc) is 3.23. The molecule has 0 aromatic carbocycles. The first kappa shape index (κ1) is 55.8. The van der Waals surface area contributed by atoms with E-state index >= 15 is 0 Å². The minimum atomic E-state index is -0.859. The number of allylic oxidation sites excluding steroid dienone is 11. The molecular formula is C54H97NO3. The van der Waals surface area contributed by atoms with Crippen LogP contribution in [0.5, 0.6) is 0 Å². The van der Waals surface area contributed by atoms with Crippen molar-refractivity contribution in [2.24, 2.45) is 0 Å². The molecule has 0 saturated carbocycles. The van der Waals surface area contributed by atoms with Gasteiger partial charge in [0.25, 0.3) is 0 Å². The Labute approximate surface area is 361 Å². The van der Waals surface area contributed by atoms with Gasteiger partial charge in [-0.1, -0.05) is 241 Å². The molecule has 0 radical (unpaired) electrons. The molecule has 0 aromatic rings. The van der Waals surface area contributed by atoms with Crippen LogP contribution in [0.15, 0.2) is 72.9 Å². The molecule has 0 rings (SSSR count). The van der Waals surface area contributed by atoms with E-state index in [4.69, 9.17) is 0 Å². The summed E-state index contributed by atoms with van der Waals surface area (Å²) in [6.45, 7) is 4.13. The van der Waals surface area contributed by atoms with Crippen molar-refractivity contribution in [3.8, 4) is 0 Å². The summed E-state index contributed by atoms with van der Waals surface area (Å²) < 4.78 is 0. The van der Waals surface area contributed by atoms with Crippen LogP contribution >= 0.6 is 0 Å². The van der Waals surface area contributed by atoms with Crippen LogP contribution in [0, 0.1) is 0 Å². The maximum atomic E-state index is 12.4. The van der Waals surface area contributed by atoms with Gasteiger partial charge in [-0.3, -0.25) is 4.79 Å². The van der Waals surface area contributed by atoms with Crippen molar-refractivity contribution < 1.29 is 15.0 Å². The van der Waals surface area contributed by atoms with Gasteiger partial charge in [0.15, 0.2) is 0 Å². The number of aliphatic hydroxyl groups is 2. The van der Waals surface area contributed by atoms with Crippen molar-refractivity contribution in [2.75, 3.05) is 6.61 Å². The predicted octanol–water partition coefficient (Wildman–Crippen LogP) is 16.2. The molecule has 1 amide bonds. The predicted molar refractivity (Wildman–Crippen MR) is 257 cm³/mol. The van der Waals surface area contributed by atoms with Gasteiger partial charge < -0.3 is 15.5 Å². The number of nitrogens with one attached hydrogen (secondary N) is 1. The number of carbonyl (C=O) groups excluding carboxylic acids is 1. The average molecular weight is 808 g/mol. The fourth-order valence-electron chi connectivity index (χ4n) is 7.36. The lowest BCUT2D eigenvalue weighted by atomic mass is 10.0. The summed E-state index contributed by atoms with van der Waals surface area (Å²) >= 11 is 0. The van der Waals surface area contributed by atoms with Crippen molar-refractivity contribution in [3.05, 3.63) is 72.9 Å². The summed E-state index contributed by atoms with van der Waals surface area (Å²) in [6.07, 6.45) is 70.7. The summed E-state index contributed by atoms with van der Waals surface area (Å²) in [5.41, 5.74) is 0. The van der Waals surface area contributed by atoms with Crippen LogP contribution in [-0.4, -0.2) is 34.9 Å². The van der Waals surface area contributed by atoms with Gasteiger partial charge in [-0.25, -0.2) is 0 Å². The monoisotopic (exact) mass is 808 g/mol. The van der Waals surface area contributed by atoms with Crippen LogP contribution in [0.3, 0.4) is 0 Å². The molecule has 58 heavy (non-hydrogen) atoms. The molecule has 4 nitrogen and oxygen atoms in total. The highest BCUT2D eigenvalue weighted by Gasteiger charge is 2.17. The van der Waals surface area contributed by atoms with E-state index in [9.17, 15) is 15.0 Å². The van der Waals surface area contributed by atoms with Gasteiger partial charge in [0, 0.05) is 6.42 Å². The molecule has 2 atom stereocenters. The summed E-state index contributed by atoms with van der Waals surface area (Å²) in [6, 6.07) is -0.637. The van der Waals surface area contributed by atoms with Gasteiger partial charge >= 0.3 is 0 Å². The first-order valence-electron chi connectivity index (χ1n) is 25.2. The fourth-order valence-corrected chi connectivity index (χ4v) is 7.36. The summed E-state index contributed by atoms with van der Waals surface area (Å²) in [4.78, 5) is 12.4. The van der Waals surface area contributed by atoms with Crippen LogP contribution in [0.25, 0.3) is 0 Å². The molecular weight excluding hydrogens is 711 g/mol. The van der Waals surface area contributed by atoms with Gasteiger partial charge in [0.05, 0.1) is 18.8 Å². The Balaban J connectivity index is 3.39. The second kappa shape index (κ2) is 49.2. The van der Waals surface area contributed by atoms with E-state index in [1.54, 1.807) is 6.08 Å². The number of amides is 1. The maximum absolute atomic E-state index is 12.4. The number of carbonyl (C=O) groups is 1. The van der Waals surface area contributed by atoms with Crippen molar-refractivity contribution in [2.45, 2.75) is 257 Å². The number of aliphatic hydroxyl groups excluding tert-OH is 2. The van der Waals surface area contributed by atoms with E-state index < -0.39 is 12.1 Å². The standard InChI is InChI=1S/C54H97NO3/c1-3-5-7-9-11-13-14-15-16-17-18-19-20-21-22-23-24-25-26-27-28-29-30-31-32-33-34-35-36-37-38-39-40-42-44-46-48-50-54(58)55-52(51-56)53(57)49-47-45-43-41-12-10-8-6-4-2/h5,7,11-13,15-16,18-19,41,47,49,52-53,56-57H,3-4,6,8-10,14,17,20-40,42-46,48,50-51H2,1-2H3,(H,55,58)/b7-5-,13-11-,16-15-,19-18-,41-12+,49-47+. The molecule has 0 heterocycles. The fraction of sp³-hybridized carbons (Fsp3) is 0.759. The van der Waals surface area contributed by atoms with E-state index in [1.165, 1.54) is 167 Å². The smallest absolute Gasteiger partial charge is 0.220 e. The maximum Gasteiger partial charge on any atom is 0.220 e. The lowest BCUT2D eigenvalue weighted by Gasteiger charge is -2.19. The molecule has 0 aromatic heterocycles. The molecule has 0 aliphatic rings. The van der Waals surface area contributed by atoms with Crippen molar-refractivity contribution in [1.29, 1.82) is 0 Å². The Morgan fingerprint density at radius 2 is 0.776 bits per heavy atom. The highest BCUT2D eigenvalue weighted by atomic mass is 16.3. The first-order valence-corrected chi connectivity index (χ1v) is 25.2. The zero-order chi connectivity index (χ0) is 42.1. The highest BCUT2D eigenvalue weighted by Crippen LogP contribution is 2.16. The summed E-state index contributed by atoms with van der Waals surface area (Å²) in [5.74, 6) is -0.0753. The molecule has 0 saturated heterocycles. The Morgan fingerprint density at radius 1 is 0.431 bits per heavy atom. The first-order chi connectivity index (χ1) is 28.7. The van der Waals surface area contributed by atoms with E-state index in [1.807, 2.05) is 6.08 Å². The van der Waals surface area contributed by atoms with Crippen LogP contribution in [-0.2, 0) is 4.79 Å². The van der Waals surface area contributed by atoms with Crippen molar-refractivity contribution in [3.63, 3.8) is 0 Å². The van der Waals surface area contributed by atoms with Gasteiger partial charge in [-0.2, -0.15) is 0 Å². The van der Waals surface area contributed by atoms with Gasteiger partial charge in [-0.15, -0.1) is 0 Å². The minimum Gasteiger partial charge on any atom is -0.394 e. The third kappa shape index (κ3) is 44.9. The molecule has 336 valence electrons.